The highest BCUT2D eigenvalue weighted by molar-refractivity contribution is 6.06. The zero-order chi connectivity index (χ0) is 16.0. The first kappa shape index (κ1) is 17.4. The predicted octanol–water partition coefficient (Wildman–Crippen LogP) is 0.474. The van der Waals surface area contributed by atoms with Crippen LogP contribution >= 0.6 is 12.4 Å². The summed E-state index contributed by atoms with van der Waals surface area (Å²) < 4.78 is 0. The molecule has 2 N–H and O–H groups in total. The average Bonchev–Trinajstić information content (AvgIpc) is 3.28. The summed E-state index contributed by atoms with van der Waals surface area (Å²) in [6.45, 7) is 1.63. The summed E-state index contributed by atoms with van der Waals surface area (Å²) in [5, 5.41) is 6.13. The molecule has 7 heteroatoms. The van der Waals surface area contributed by atoms with E-state index >= 15 is 0 Å². The van der Waals surface area contributed by atoms with Gasteiger partial charge in [0, 0.05) is 25.6 Å². The molecule has 0 spiro atoms. The number of rotatable bonds is 5. The van der Waals surface area contributed by atoms with E-state index in [0.29, 0.717) is 19.5 Å². The van der Waals surface area contributed by atoms with Gasteiger partial charge in [-0.1, -0.05) is 12.2 Å². The van der Waals surface area contributed by atoms with Crippen molar-refractivity contribution in [3.63, 3.8) is 0 Å². The Kier molecular flexibility index (Phi) is 4.97. The third-order valence-electron chi connectivity index (χ3n) is 5.81. The highest BCUT2D eigenvalue weighted by Crippen LogP contribution is 2.52. The molecule has 3 amide bonds. The molecule has 2 saturated heterocycles. The van der Waals surface area contributed by atoms with Gasteiger partial charge in [0.05, 0.1) is 11.8 Å². The smallest absolute Gasteiger partial charge is 0.233 e. The molecular weight excluding hydrogens is 330 g/mol. The summed E-state index contributed by atoms with van der Waals surface area (Å²) >= 11 is 0. The Hall–Kier alpha value is -1.40. The lowest BCUT2D eigenvalue weighted by Crippen LogP contribution is -2.40. The van der Waals surface area contributed by atoms with E-state index in [1.54, 1.807) is 0 Å². The molecule has 4 aliphatic rings. The van der Waals surface area contributed by atoms with E-state index in [1.807, 2.05) is 0 Å². The maximum Gasteiger partial charge on any atom is 0.233 e. The van der Waals surface area contributed by atoms with Gasteiger partial charge in [0.1, 0.15) is 0 Å². The molecule has 4 rings (SSSR count). The van der Waals surface area contributed by atoms with Gasteiger partial charge in [-0.15, -0.1) is 12.4 Å². The number of halogens is 1. The summed E-state index contributed by atoms with van der Waals surface area (Å²) in [4.78, 5) is 38.2. The summed E-state index contributed by atoms with van der Waals surface area (Å²) in [7, 11) is 0. The highest BCUT2D eigenvalue weighted by Gasteiger charge is 2.58. The van der Waals surface area contributed by atoms with Crippen LogP contribution in [0.3, 0.4) is 0 Å². The second-order valence-electron chi connectivity index (χ2n) is 7.18. The molecular formula is C17H24ClN3O3. The van der Waals surface area contributed by atoms with Gasteiger partial charge in [-0.05, 0) is 37.6 Å². The number of carbonyl (C=O) groups excluding carboxylic acids is 3. The van der Waals surface area contributed by atoms with Crippen LogP contribution in [0.5, 0.6) is 0 Å². The minimum Gasteiger partial charge on any atom is -0.354 e. The molecule has 0 radical (unpaired) electrons. The zero-order valence-corrected chi connectivity index (χ0v) is 14.4. The van der Waals surface area contributed by atoms with Crippen LogP contribution in [-0.2, 0) is 14.4 Å². The standard InChI is InChI=1S/C17H23N3O3.ClH/c21-13(9-12-2-1-5-18-12)19-6-7-20-16(22)14-10-3-4-11(8-10)15(14)17(20)23;/h3-4,10-12,14-15,18H,1-2,5-9H2,(H,19,21);1H. The Bertz CT molecular complexity index is 543. The first-order valence-electron chi connectivity index (χ1n) is 8.69. The molecule has 0 aromatic carbocycles. The number of nitrogens with zero attached hydrogens (tertiary/aromatic N) is 1. The number of amides is 3. The van der Waals surface area contributed by atoms with E-state index in [4.69, 9.17) is 0 Å². The van der Waals surface area contributed by atoms with E-state index in [9.17, 15) is 14.4 Å². The van der Waals surface area contributed by atoms with Crippen molar-refractivity contribution in [3.05, 3.63) is 12.2 Å². The molecule has 1 saturated carbocycles. The normalized spacial score (nSPS) is 36.2. The molecule has 2 bridgehead atoms. The SMILES string of the molecule is Cl.O=C(CC1CCCN1)NCCN1C(=O)C2C3C=CC(C3)C2C1=O. The second kappa shape index (κ2) is 6.84. The molecule has 2 aliphatic carbocycles. The summed E-state index contributed by atoms with van der Waals surface area (Å²) in [6, 6.07) is 0.270. The van der Waals surface area contributed by atoms with Crippen molar-refractivity contribution in [2.45, 2.75) is 31.7 Å². The van der Waals surface area contributed by atoms with E-state index in [-0.39, 0.29) is 59.8 Å². The number of hydrogen-bond donors (Lipinski definition) is 2. The summed E-state index contributed by atoms with van der Waals surface area (Å²) in [5.74, 6) is 0.119. The van der Waals surface area contributed by atoms with Gasteiger partial charge in [-0.3, -0.25) is 19.3 Å². The molecule has 2 aliphatic heterocycles. The fourth-order valence-electron chi connectivity index (χ4n) is 4.72. The monoisotopic (exact) mass is 353 g/mol. The van der Waals surface area contributed by atoms with Crippen molar-refractivity contribution in [2.75, 3.05) is 19.6 Å². The van der Waals surface area contributed by atoms with Crippen molar-refractivity contribution in [1.29, 1.82) is 0 Å². The number of fused-ring (bicyclic) bond motifs is 5. The lowest BCUT2D eigenvalue weighted by molar-refractivity contribution is -0.141. The van der Waals surface area contributed by atoms with Gasteiger partial charge < -0.3 is 10.6 Å². The molecule has 5 atom stereocenters. The van der Waals surface area contributed by atoms with Gasteiger partial charge in [-0.2, -0.15) is 0 Å². The molecule has 24 heavy (non-hydrogen) atoms. The van der Waals surface area contributed by atoms with Crippen LogP contribution in [0.1, 0.15) is 25.7 Å². The van der Waals surface area contributed by atoms with Crippen molar-refractivity contribution in [1.82, 2.24) is 15.5 Å². The number of allylic oxidation sites excluding steroid dienone is 2. The Labute approximate surface area is 147 Å². The summed E-state index contributed by atoms with van der Waals surface area (Å²) in [5.41, 5.74) is 0. The van der Waals surface area contributed by atoms with E-state index in [1.165, 1.54) is 4.90 Å². The van der Waals surface area contributed by atoms with Crippen LogP contribution in [0.4, 0.5) is 0 Å². The minimum absolute atomic E-state index is 0. The Morgan fingerprint density at radius 1 is 1.21 bits per heavy atom. The molecule has 0 aromatic rings. The Balaban J connectivity index is 0.00000169. The molecule has 6 nitrogen and oxygen atoms in total. The van der Waals surface area contributed by atoms with Crippen molar-refractivity contribution in [3.8, 4) is 0 Å². The first-order valence-corrected chi connectivity index (χ1v) is 8.69. The van der Waals surface area contributed by atoms with Gasteiger partial charge in [0.15, 0.2) is 0 Å². The predicted molar refractivity (Wildman–Crippen MR) is 90.3 cm³/mol. The largest absolute Gasteiger partial charge is 0.354 e. The maximum atomic E-state index is 12.5. The van der Waals surface area contributed by atoms with Gasteiger partial charge in [-0.25, -0.2) is 0 Å². The first-order chi connectivity index (χ1) is 11.1. The van der Waals surface area contributed by atoms with Crippen LogP contribution in [0.2, 0.25) is 0 Å². The average molecular weight is 354 g/mol. The van der Waals surface area contributed by atoms with Gasteiger partial charge >= 0.3 is 0 Å². The van der Waals surface area contributed by atoms with Crippen molar-refractivity contribution < 1.29 is 14.4 Å². The fraction of sp³-hybridized carbons (Fsp3) is 0.706. The van der Waals surface area contributed by atoms with Crippen LogP contribution in [0.25, 0.3) is 0 Å². The number of carbonyl (C=O) groups is 3. The fourth-order valence-corrected chi connectivity index (χ4v) is 4.72. The number of imide groups is 1. The lowest BCUT2D eigenvalue weighted by Gasteiger charge is -2.18. The van der Waals surface area contributed by atoms with Crippen LogP contribution < -0.4 is 10.6 Å². The third kappa shape index (κ3) is 2.86. The Morgan fingerprint density at radius 3 is 2.46 bits per heavy atom. The van der Waals surface area contributed by atoms with E-state index < -0.39 is 0 Å². The minimum atomic E-state index is -0.143. The topological polar surface area (TPSA) is 78.5 Å². The second-order valence-corrected chi connectivity index (χ2v) is 7.18. The lowest BCUT2D eigenvalue weighted by atomic mass is 9.85. The van der Waals surface area contributed by atoms with Crippen LogP contribution in [0.15, 0.2) is 12.2 Å². The summed E-state index contributed by atoms with van der Waals surface area (Å²) in [6.07, 6.45) is 7.77. The number of nitrogens with one attached hydrogen (secondary N) is 2. The van der Waals surface area contributed by atoms with Gasteiger partial charge in [0.25, 0.3) is 0 Å². The van der Waals surface area contributed by atoms with Crippen LogP contribution in [0, 0.1) is 23.7 Å². The molecule has 132 valence electrons. The Morgan fingerprint density at radius 2 is 1.88 bits per heavy atom. The van der Waals surface area contributed by atoms with E-state index in [0.717, 1.165) is 25.8 Å². The number of likely N-dealkylation sites (tertiary alicyclic amines) is 1. The van der Waals surface area contributed by atoms with Crippen molar-refractivity contribution >= 4 is 30.1 Å². The number of hydrogen-bond acceptors (Lipinski definition) is 4. The molecule has 3 fully saturated rings. The van der Waals surface area contributed by atoms with Gasteiger partial charge in [0.2, 0.25) is 17.7 Å². The quantitative estimate of drug-likeness (QED) is 0.556. The maximum absolute atomic E-state index is 12.5. The van der Waals surface area contributed by atoms with E-state index in [2.05, 4.69) is 22.8 Å². The molecule has 5 unspecified atom stereocenters. The van der Waals surface area contributed by atoms with Crippen molar-refractivity contribution in [2.24, 2.45) is 23.7 Å². The zero-order valence-electron chi connectivity index (χ0n) is 13.6. The highest BCUT2D eigenvalue weighted by atomic mass is 35.5. The third-order valence-corrected chi connectivity index (χ3v) is 5.81. The molecule has 0 aromatic heterocycles. The van der Waals surface area contributed by atoms with Crippen LogP contribution in [-0.4, -0.2) is 48.3 Å². The molecule has 2 heterocycles.